The van der Waals surface area contributed by atoms with Crippen LogP contribution >= 0.6 is 0 Å². The molecule has 2 aliphatic rings. The van der Waals surface area contributed by atoms with Gasteiger partial charge in [0.25, 0.3) is 0 Å². The molecule has 1 aromatic heterocycles. The monoisotopic (exact) mass is 354 g/mol. The van der Waals surface area contributed by atoms with E-state index < -0.39 is 0 Å². The van der Waals surface area contributed by atoms with Crippen LogP contribution in [0.1, 0.15) is 24.8 Å². The molecule has 0 aliphatic carbocycles. The summed E-state index contributed by atoms with van der Waals surface area (Å²) < 4.78 is 13.3. The van der Waals surface area contributed by atoms with E-state index in [1.165, 1.54) is 12.1 Å². The van der Waals surface area contributed by atoms with Crippen LogP contribution < -0.4 is 4.90 Å². The lowest BCUT2D eigenvalue weighted by atomic mass is 9.79. The van der Waals surface area contributed by atoms with Gasteiger partial charge in [0, 0.05) is 44.0 Å². The topological polar surface area (TPSA) is 49.3 Å². The first-order valence-corrected chi connectivity index (χ1v) is 9.18. The van der Waals surface area contributed by atoms with E-state index in [1.807, 2.05) is 17.0 Å². The fourth-order valence-electron chi connectivity index (χ4n) is 4.25. The zero-order valence-corrected chi connectivity index (χ0v) is 14.8. The molecule has 4 rings (SSSR count). The Kier molecular flexibility index (Phi) is 4.57. The summed E-state index contributed by atoms with van der Waals surface area (Å²) in [5, 5.41) is 0. The van der Waals surface area contributed by atoms with Crippen molar-refractivity contribution in [2.45, 2.75) is 25.7 Å². The van der Waals surface area contributed by atoms with Gasteiger partial charge in [-0.1, -0.05) is 12.1 Å². The molecular weight excluding hydrogens is 331 g/mol. The molecule has 2 aliphatic heterocycles. The summed E-state index contributed by atoms with van der Waals surface area (Å²) >= 11 is 0. The van der Waals surface area contributed by atoms with Gasteiger partial charge in [0.05, 0.1) is 6.42 Å². The summed E-state index contributed by atoms with van der Waals surface area (Å²) in [5.41, 5.74) is 0.855. The molecular formula is C20H23FN4O. The highest BCUT2D eigenvalue weighted by atomic mass is 19.1. The third-order valence-corrected chi connectivity index (χ3v) is 5.53. The largest absolute Gasteiger partial charge is 0.342 e. The van der Waals surface area contributed by atoms with Crippen molar-refractivity contribution >= 4 is 11.9 Å². The van der Waals surface area contributed by atoms with E-state index in [4.69, 9.17) is 0 Å². The van der Waals surface area contributed by atoms with Crippen LogP contribution in [-0.4, -0.2) is 47.0 Å². The number of benzene rings is 1. The second-order valence-electron chi connectivity index (χ2n) is 7.45. The molecule has 0 N–H and O–H groups in total. The number of halogens is 1. The highest BCUT2D eigenvalue weighted by Gasteiger charge is 2.43. The van der Waals surface area contributed by atoms with Gasteiger partial charge in [0.15, 0.2) is 0 Å². The average molecular weight is 354 g/mol. The van der Waals surface area contributed by atoms with Gasteiger partial charge in [-0.2, -0.15) is 0 Å². The zero-order valence-electron chi connectivity index (χ0n) is 14.8. The van der Waals surface area contributed by atoms with Gasteiger partial charge in [0.1, 0.15) is 5.82 Å². The predicted molar refractivity (Wildman–Crippen MR) is 97.2 cm³/mol. The first-order valence-electron chi connectivity index (χ1n) is 9.18. The Morgan fingerprint density at radius 3 is 2.77 bits per heavy atom. The van der Waals surface area contributed by atoms with Crippen molar-refractivity contribution < 1.29 is 9.18 Å². The summed E-state index contributed by atoms with van der Waals surface area (Å²) in [6.45, 7) is 3.39. The molecule has 6 heteroatoms. The molecule has 0 saturated carbocycles. The van der Waals surface area contributed by atoms with E-state index in [1.54, 1.807) is 18.5 Å². The van der Waals surface area contributed by atoms with Crippen LogP contribution in [0.2, 0.25) is 0 Å². The molecule has 26 heavy (non-hydrogen) atoms. The first-order chi connectivity index (χ1) is 12.6. The van der Waals surface area contributed by atoms with Gasteiger partial charge in [-0.15, -0.1) is 0 Å². The van der Waals surface area contributed by atoms with Crippen LogP contribution in [0.25, 0.3) is 0 Å². The van der Waals surface area contributed by atoms with Gasteiger partial charge in [-0.3, -0.25) is 4.79 Å². The molecule has 1 atom stereocenters. The molecule has 1 spiro atoms. The maximum atomic E-state index is 13.3. The third-order valence-electron chi connectivity index (χ3n) is 5.53. The predicted octanol–water partition coefficient (Wildman–Crippen LogP) is 2.68. The lowest BCUT2D eigenvalue weighted by Gasteiger charge is -2.40. The molecule has 136 valence electrons. The first kappa shape index (κ1) is 16.9. The second kappa shape index (κ2) is 7.02. The molecule has 2 fully saturated rings. The number of carbonyl (C=O) groups excluding carboxylic acids is 1. The normalized spacial score (nSPS) is 22.8. The molecule has 3 heterocycles. The minimum absolute atomic E-state index is 0.0839. The standard InChI is InChI=1S/C20H23FN4O/c21-17-5-1-4-16(12-17)13-18(26)24-11-7-20(14-24)6-2-10-25(15-20)19-22-8-3-9-23-19/h1,3-5,8-9,12H,2,6-7,10-11,13-15H2/t20-/m0/s1. The van der Waals surface area contributed by atoms with E-state index in [0.717, 1.165) is 57.0 Å². The molecule has 0 unspecified atom stereocenters. The Hall–Kier alpha value is -2.50. The summed E-state index contributed by atoms with van der Waals surface area (Å²) in [4.78, 5) is 25.6. The van der Waals surface area contributed by atoms with Gasteiger partial charge >= 0.3 is 0 Å². The Morgan fingerprint density at radius 2 is 1.96 bits per heavy atom. The van der Waals surface area contributed by atoms with E-state index in [-0.39, 0.29) is 23.6 Å². The molecule has 0 radical (unpaired) electrons. The van der Waals surface area contributed by atoms with Crippen LogP contribution in [0, 0.1) is 11.2 Å². The number of likely N-dealkylation sites (tertiary alicyclic amines) is 1. The lowest BCUT2D eigenvalue weighted by Crippen LogP contribution is -2.46. The smallest absolute Gasteiger partial charge is 0.227 e. The van der Waals surface area contributed by atoms with Crippen LogP contribution in [-0.2, 0) is 11.2 Å². The Balaban J connectivity index is 1.41. The number of rotatable bonds is 3. The SMILES string of the molecule is O=C(Cc1cccc(F)c1)N1CC[C@@]2(CCCN(c3ncccn3)C2)C1. The zero-order chi connectivity index (χ0) is 18.0. The highest BCUT2D eigenvalue weighted by Crippen LogP contribution is 2.39. The van der Waals surface area contributed by atoms with Crippen LogP contribution in [0.15, 0.2) is 42.7 Å². The number of anilines is 1. The minimum Gasteiger partial charge on any atom is -0.342 e. The van der Waals surface area contributed by atoms with Crippen molar-refractivity contribution in [3.8, 4) is 0 Å². The average Bonchev–Trinajstić information content (AvgIpc) is 3.06. The van der Waals surface area contributed by atoms with Crippen LogP contribution in [0.5, 0.6) is 0 Å². The van der Waals surface area contributed by atoms with Crippen molar-refractivity contribution in [3.63, 3.8) is 0 Å². The molecule has 1 amide bonds. The Bertz CT molecular complexity index is 784. The summed E-state index contributed by atoms with van der Waals surface area (Å²) in [6.07, 6.45) is 7.02. The minimum atomic E-state index is -0.293. The van der Waals surface area contributed by atoms with E-state index >= 15 is 0 Å². The van der Waals surface area contributed by atoms with Crippen molar-refractivity contribution in [1.29, 1.82) is 0 Å². The lowest BCUT2D eigenvalue weighted by molar-refractivity contribution is -0.129. The Labute approximate surface area is 152 Å². The molecule has 2 saturated heterocycles. The number of hydrogen-bond donors (Lipinski definition) is 0. The van der Waals surface area contributed by atoms with Gasteiger partial charge in [0.2, 0.25) is 11.9 Å². The molecule has 1 aromatic carbocycles. The quantitative estimate of drug-likeness (QED) is 0.850. The molecule has 2 aromatic rings. The fraction of sp³-hybridized carbons (Fsp3) is 0.450. The molecule has 5 nitrogen and oxygen atoms in total. The van der Waals surface area contributed by atoms with Gasteiger partial charge < -0.3 is 9.80 Å². The van der Waals surface area contributed by atoms with Gasteiger partial charge in [-0.25, -0.2) is 14.4 Å². The van der Waals surface area contributed by atoms with Crippen LogP contribution in [0.3, 0.4) is 0 Å². The van der Waals surface area contributed by atoms with Crippen molar-refractivity contribution in [2.24, 2.45) is 5.41 Å². The number of hydrogen-bond acceptors (Lipinski definition) is 4. The summed E-state index contributed by atoms with van der Waals surface area (Å²) in [5.74, 6) is 0.565. The van der Waals surface area contributed by atoms with Crippen molar-refractivity contribution in [2.75, 3.05) is 31.1 Å². The summed E-state index contributed by atoms with van der Waals surface area (Å²) in [6, 6.07) is 8.13. The number of aromatic nitrogens is 2. The van der Waals surface area contributed by atoms with E-state index in [2.05, 4.69) is 14.9 Å². The van der Waals surface area contributed by atoms with Crippen molar-refractivity contribution in [3.05, 3.63) is 54.1 Å². The van der Waals surface area contributed by atoms with Crippen molar-refractivity contribution in [1.82, 2.24) is 14.9 Å². The summed E-state index contributed by atoms with van der Waals surface area (Å²) in [7, 11) is 0. The Morgan fingerprint density at radius 1 is 1.12 bits per heavy atom. The van der Waals surface area contributed by atoms with E-state index in [0.29, 0.717) is 0 Å². The number of nitrogens with zero attached hydrogens (tertiary/aromatic N) is 4. The van der Waals surface area contributed by atoms with E-state index in [9.17, 15) is 9.18 Å². The maximum absolute atomic E-state index is 13.3. The third kappa shape index (κ3) is 3.54. The fourth-order valence-corrected chi connectivity index (χ4v) is 4.25. The maximum Gasteiger partial charge on any atom is 0.227 e. The number of piperidine rings is 1. The number of carbonyl (C=O) groups is 1. The second-order valence-corrected chi connectivity index (χ2v) is 7.45. The van der Waals surface area contributed by atoms with Gasteiger partial charge in [-0.05, 0) is 43.0 Å². The van der Waals surface area contributed by atoms with Crippen LogP contribution in [0.4, 0.5) is 10.3 Å². The molecule has 0 bridgehead atoms. The highest BCUT2D eigenvalue weighted by molar-refractivity contribution is 5.79. The number of amides is 1.